The summed E-state index contributed by atoms with van der Waals surface area (Å²) in [5.74, 6) is -7.35. The van der Waals surface area contributed by atoms with E-state index in [1.807, 2.05) is 51.1 Å². The highest BCUT2D eigenvalue weighted by Gasteiger charge is 2.40. The van der Waals surface area contributed by atoms with Crippen LogP contribution < -0.4 is 32.3 Å². The molecule has 9 N–H and O–H groups in total. The number of aliphatic hydroxyl groups is 1. The number of rotatable bonds is 30. The number of nitrogens with zero attached hydrogens (tertiary/aromatic N) is 4. The summed E-state index contributed by atoms with van der Waals surface area (Å²) in [6.07, 6.45) is 7.83. The molecule has 1 aromatic heterocycles. The molecule has 2 aromatic carbocycles. The van der Waals surface area contributed by atoms with Crippen LogP contribution in [0.15, 0.2) is 66.9 Å². The molecule has 436 valence electrons. The van der Waals surface area contributed by atoms with Gasteiger partial charge >= 0.3 is 5.97 Å². The number of amides is 8. The third-order valence-corrected chi connectivity index (χ3v) is 14.3. The second-order valence-electron chi connectivity index (χ2n) is 22.0. The van der Waals surface area contributed by atoms with E-state index in [0.717, 1.165) is 28.7 Å². The van der Waals surface area contributed by atoms with E-state index >= 15 is 4.39 Å². The summed E-state index contributed by atoms with van der Waals surface area (Å²) in [6.45, 7) is 10.1. The largest absolute Gasteiger partial charge is 0.480 e. The number of nitrogens with two attached hydrogens (primary N) is 1. The van der Waals surface area contributed by atoms with Crippen molar-refractivity contribution in [1.29, 1.82) is 0 Å². The zero-order chi connectivity index (χ0) is 58.8. The van der Waals surface area contributed by atoms with Crippen molar-refractivity contribution >= 4 is 53.2 Å². The number of aromatic nitrogens is 2. The molecule has 0 bridgehead atoms. The van der Waals surface area contributed by atoms with Gasteiger partial charge in [0.1, 0.15) is 42.2 Å². The standard InChI is InChI=1S/C57H78F2N10O11/c1-34(2)49(66-45(71)21-11-8-14-28-68-46(72)24-25-47(68)73)55(78)62-35(3)52(75)65-43(56(79)80)19-12-13-27-61-53(76)38-18-15-20-42(38)64-54(77)41(60)26-29-69(48(74)33-70)50(57(4,5)6)51-63-44(39-30-37(58)22-23-40(39)59)32-67(51)31-36-16-9-7-10-17-36/h7,9-10,16-17,22-25,30,32,34-35,38,41-43,49-50,70H,8,11-15,18-21,26-29,31,33,60H2,1-6H3,(H,61,76)(H,62,78)(H,64,77)(H,65,75)(H,66,71)(H,79,80)/t35-,38+,41-,42-,43-,49-,50-/m0/s1. The smallest absolute Gasteiger partial charge is 0.326 e. The minimum absolute atomic E-state index is 0.00846. The van der Waals surface area contributed by atoms with Crippen LogP contribution in [0.5, 0.6) is 0 Å². The van der Waals surface area contributed by atoms with Gasteiger partial charge in [-0.15, -0.1) is 0 Å². The molecule has 21 nitrogen and oxygen atoms in total. The van der Waals surface area contributed by atoms with Crippen molar-refractivity contribution in [3.8, 4) is 11.3 Å². The van der Waals surface area contributed by atoms with Crippen LogP contribution in [0.25, 0.3) is 11.3 Å². The molecule has 80 heavy (non-hydrogen) atoms. The summed E-state index contributed by atoms with van der Waals surface area (Å²) in [5, 5.41) is 33.6. The summed E-state index contributed by atoms with van der Waals surface area (Å²) in [6, 6.07) is 6.39. The first-order chi connectivity index (χ1) is 37.9. The Labute approximate surface area is 465 Å². The maximum Gasteiger partial charge on any atom is 0.326 e. The molecular weight excluding hydrogens is 1040 g/mol. The summed E-state index contributed by atoms with van der Waals surface area (Å²) in [5.41, 5.74) is 6.63. The topological polar surface area (TPSA) is 305 Å². The van der Waals surface area contributed by atoms with Crippen molar-refractivity contribution in [3.05, 3.63) is 89.9 Å². The molecule has 1 aliphatic carbocycles. The predicted molar refractivity (Wildman–Crippen MR) is 291 cm³/mol. The van der Waals surface area contributed by atoms with Gasteiger partial charge in [0.2, 0.25) is 35.4 Å². The Morgan fingerprint density at radius 1 is 0.850 bits per heavy atom. The maximum absolute atomic E-state index is 15.2. The number of hydrogen-bond acceptors (Lipinski definition) is 12. The van der Waals surface area contributed by atoms with E-state index in [1.165, 1.54) is 24.0 Å². The summed E-state index contributed by atoms with van der Waals surface area (Å²) in [7, 11) is 0. The van der Waals surface area contributed by atoms with E-state index in [9.17, 15) is 57.8 Å². The summed E-state index contributed by atoms with van der Waals surface area (Å²) in [4.78, 5) is 123. The number of imide groups is 1. The number of nitrogens with one attached hydrogen (secondary N) is 5. The fourth-order valence-electron chi connectivity index (χ4n) is 9.91. The van der Waals surface area contributed by atoms with Crippen LogP contribution in [0.1, 0.15) is 130 Å². The van der Waals surface area contributed by atoms with Gasteiger partial charge in [-0.1, -0.05) is 77.8 Å². The van der Waals surface area contributed by atoms with E-state index in [1.54, 1.807) is 24.6 Å². The highest BCUT2D eigenvalue weighted by atomic mass is 19.1. The number of carbonyl (C=O) groups excluding carboxylic acids is 8. The van der Waals surface area contributed by atoms with Crippen LogP contribution in [-0.4, -0.2) is 139 Å². The van der Waals surface area contributed by atoms with Crippen molar-refractivity contribution < 1.29 is 62.1 Å². The van der Waals surface area contributed by atoms with E-state index in [0.29, 0.717) is 57.2 Å². The molecule has 1 aliphatic heterocycles. The molecule has 23 heteroatoms. The molecule has 7 atom stereocenters. The molecule has 2 aliphatic rings. The molecule has 0 radical (unpaired) electrons. The predicted octanol–water partition coefficient (Wildman–Crippen LogP) is 3.77. The molecule has 5 rings (SSSR count). The Balaban J connectivity index is 1.09. The third kappa shape index (κ3) is 18.1. The Kier molecular flexibility index (Phi) is 23.6. The molecule has 1 saturated carbocycles. The van der Waals surface area contributed by atoms with Crippen molar-refractivity contribution in [2.24, 2.45) is 23.0 Å². The number of aliphatic carboxylic acids is 1. The van der Waals surface area contributed by atoms with Gasteiger partial charge in [0.05, 0.1) is 23.7 Å². The fourth-order valence-corrected chi connectivity index (χ4v) is 9.91. The van der Waals surface area contributed by atoms with Crippen LogP contribution >= 0.6 is 0 Å². The molecule has 3 aromatic rings. The number of benzene rings is 2. The molecule has 0 unspecified atom stereocenters. The number of carboxylic acid groups (broad SMARTS) is 1. The van der Waals surface area contributed by atoms with Crippen LogP contribution in [0, 0.1) is 28.9 Å². The van der Waals surface area contributed by atoms with Gasteiger partial charge in [-0.25, -0.2) is 18.6 Å². The zero-order valence-corrected chi connectivity index (χ0v) is 46.5. The molecule has 0 saturated heterocycles. The zero-order valence-electron chi connectivity index (χ0n) is 46.5. The number of hydrogen-bond donors (Lipinski definition) is 8. The van der Waals surface area contributed by atoms with E-state index in [4.69, 9.17) is 10.7 Å². The molecular formula is C57H78F2N10O11. The van der Waals surface area contributed by atoms with Gasteiger partial charge in [0.25, 0.3) is 11.8 Å². The van der Waals surface area contributed by atoms with Gasteiger partial charge in [-0.2, -0.15) is 0 Å². The lowest BCUT2D eigenvalue weighted by Gasteiger charge is -2.40. The monoisotopic (exact) mass is 1120 g/mol. The Bertz CT molecular complexity index is 2690. The molecule has 2 heterocycles. The van der Waals surface area contributed by atoms with Crippen molar-refractivity contribution in [3.63, 3.8) is 0 Å². The second-order valence-corrected chi connectivity index (χ2v) is 22.0. The average Bonchev–Trinajstić information content (AvgIpc) is 4.19. The number of carbonyl (C=O) groups is 9. The number of halogens is 2. The number of carboxylic acids is 1. The van der Waals surface area contributed by atoms with E-state index < -0.39 is 101 Å². The van der Waals surface area contributed by atoms with Gasteiger partial charge in [0, 0.05) is 62.6 Å². The average molecular weight is 1120 g/mol. The lowest BCUT2D eigenvalue weighted by molar-refractivity contribution is -0.142. The van der Waals surface area contributed by atoms with Crippen molar-refractivity contribution in [2.75, 3.05) is 26.2 Å². The van der Waals surface area contributed by atoms with Crippen LogP contribution in [0.2, 0.25) is 0 Å². The molecule has 0 spiro atoms. The lowest BCUT2D eigenvalue weighted by atomic mass is 9.84. The fraction of sp³-hybridized carbons (Fsp3) is 0.544. The van der Waals surface area contributed by atoms with Crippen molar-refractivity contribution in [2.45, 2.75) is 155 Å². The first-order valence-corrected chi connectivity index (χ1v) is 27.4. The summed E-state index contributed by atoms with van der Waals surface area (Å²) >= 11 is 0. The second kappa shape index (κ2) is 29.7. The van der Waals surface area contributed by atoms with E-state index in [-0.39, 0.29) is 80.3 Å². The van der Waals surface area contributed by atoms with Crippen LogP contribution in [0.3, 0.4) is 0 Å². The first-order valence-electron chi connectivity index (χ1n) is 27.4. The highest BCUT2D eigenvalue weighted by Crippen LogP contribution is 2.40. The Morgan fingerprint density at radius 2 is 1.55 bits per heavy atom. The summed E-state index contributed by atoms with van der Waals surface area (Å²) < 4.78 is 31.4. The van der Waals surface area contributed by atoms with Crippen molar-refractivity contribution in [1.82, 2.24) is 45.9 Å². The third-order valence-electron chi connectivity index (χ3n) is 14.3. The number of aliphatic hydroxyl groups excluding tert-OH is 1. The van der Waals surface area contributed by atoms with E-state index in [2.05, 4.69) is 26.6 Å². The lowest BCUT2D eigenvalue weighted by Crippen LogP contribution is -2.56. The highest BCUT2D eigenvalue weighted by molar-refractivity contribution is 6.12. The van der Waals surface area contributed by atoms with Gasteiger partial charge in [-0.3, -0.25) is 43.3 Å². The van der Waals surface area contributed by atoms with Gasteiger partial charge < -0.3 is 52.0 Å². The number of imidazole rings is 1. The van der Waals surface area contributed by atoms with Gasteiger partial charge in [-0.05, 0) is 93.4 Å². The molecule has 1 fully saturated rings. The SMILES string of the molecule is CC(C)[C@H](NC(=O)CCCCCN1C(=O)C=CC1=O)C(=O)N[C@@H](C)C(=O)N[C@@H](CCCCNC(=O)[C@@H]1CCC[C@@H]1NC(=O)[C@@H](N)CCN(C(=O)CO)[C@@H](c1nc(-c2cc(F)ccc2F)cn1Cc1ccccc1)C(C)(C)C)C(=O)O. The number of unbranched alkanes of at least 4 members (excludes halogenated alkanes) is 3. The minimum Gasteiger partial charge on any atom is -0.480 e. The normalized spacial score (nSPS) is 17.1. The van der Waals surface area contributed by atoms with Gasteiger partial charge in [0.15, 0.2) is 0 Å². The Hall–Kier alpha value is -7.40. The van der Waals surface area contributed by atoms with Crippen LogP contribution in [0.4, 0.5) is 8.78 Å². The molecule has 8 amide bonds. The minimum atomic E-state index is -1.31. The Morgan fingerprint density at radius 3 is 2.20 bits per heavy atom. The quantitative estimate of drug-likeness (QED) is 0.0349. The van der Waals surface area contributed by atoms with Crippen LogP contribution in [-0.2, 0) is 49.7 Å². The maximum atomic E-state index is 15.2. The first kappa shape index (κ1) is 63.4.